The number of anilines is 1. The predicted molar refractivity (Wildman–Crippen MR) is 145 cm³/mol. The third-order valence-electron chi connectivity index (χ3n) is 5.92. The van der Waals surface area contributed by atoms with Crippen molar-refractivity contribution in [3.05, 3.63) is 71.8 Å². The summed E-state index contributed by atoms with van der Waals surface area (Å²) in [6, 6.07) is 15.6. The van der Waals surface area contributed by atoms with E-state index in [1.807, 2.05) is 54.7 Å². The number of halogens is 1. The van der Waals surface area contributed by atoms with Crippen LogP contribution in [0.3, 0.4) is 0 Å². The van der Waals surface area contributed by atoms with Crippen LogP contribution in [0, 0.1) is 5.92 Å². The van der Waals surface area contributed by atoms with E-state index < -0.39 is 0 Å². The molecule has 0 unspecified atom stereocenters. The second-order valence-corrected chi connectivity index (χ2v) is 10.7. The SMILES string of the molecule is CC[C@@H](NCCc1cnc[nH]1)[C@H]1C(=O)N(c2nc3ccccc3s2)N=C1CSc1ccc(Cl)cc1. The van der Waals surface area contributed by atoms with Gasteiger partial charge in [0.2, 0.25) is 5.13 Å². The Balaban J connectivity index is 1.38. The number of carbonyl (C=O) groups is 1. The van der Waals surface area contributed by atoms with Crippen LogP contribution in [0.5, 0.6) is 0 Å². The Morgan fingerprint density at radius 1 is 1.23 bits per heavy atom. The molecule has 7 nitrogen and oxygen atoms in total. The fourth-order valence-electron chi connectivity index (χ4n) is 4.12. The van der Waals surface area contributed by atoms with Gasteiger partial charge >= 0.3 is 0 Å². The zero-order chi connectivity index (χ0) is 24.2. The summed E-state index contributed by atoms with van der Waals surface area (Å²) in [5.41, 5.74) is 2.80. The molecule has 2 aromatic carbocycles. The van der Waals surface area contributed by atoms with E-state index in [2.05, 4.69) is 27.2 Å². The molecule has 4 aromatic rings. The molecule has 0 radical (unpaired) electrons. The number of thiazole rings is 1. The second-order valence-electron chi connectivity index (χ2n) is 8.22. The maximum Gasteiger partial charge on any atom is 0.259 e. The van der Waals surface area contributed by atoms with Crippen molar-refractivity contribution in [1.82, 2.24) is 20.3 Å². The molecule has 2 atom stereocenters. The van der Waals surface area contributed by atoms with Crippen LogP contribution in [0.25, 0.3) is 10.2 Å². The lowest BCUT2D eigenvalue weighted by Gasteiger charge is -2.23. The molecule has 2 N–H and O–H groups in total. The van der Waals surface area contributed by atoms with Crippen LogP contribution in [0.4, 0.5) is 5.13 Å². The highest BCUT2D eigenvalue weighted by Gasteiger charge is 2.42. The Kier molecular flexibility index (Phi) is 7.48. The van der Waals surface area contributed by atoms with Gasteiger partial charge in [-0.05, 0) is 42.8 Å². The molecule has 5 rings (SSSR count). The summed E-state index contributed by atoms with van der Waals surface area (Å²) in [6.07, 6.45) is 5.12. The number of amides is 1. The van der Waals surface area contributed by atoms with Gasteiger partial charge in [-0.25, -0.2) is 9.97 Å². The highest BCUT2D eigenvalue weighted by atomic mass is 35.5. The smallest absolute Gasteiger partial charge is 0.259 e. The number of rotatable bonds is 10. The Morgan fingerprint density at radius 2 is 2.06 bits per heavy atom. The first-order chi connectivity index (χ1) is 17.1. The minimum absolute atomic E-state index is 0.0309. The van der Waals surface area contributed by atoms with Gasteiger partial charge in [0.15, 0.2) is 0 Å². The van der Waals surface area contributed by atoms with Crippen LogP contribution < -0.4 is 10.3 Å². The number of nitrogens with one attached hydrogen (secondary N) is 2. The van der Waals surface area contributed by atoms with Crippen LogP contribution in [-0.4, -0.2) is 44.9 Å². The normalized spacial score (nSPS) is 16.7. The fourth-order valence-corrected chi connectivity index (χ4v) is 6.05. The van der Waals surface area contributed by atoms with E-state index in [4.69, 9.17) is 16.7 Å². The summed E-state index contributed by atoms with van der Waals surface area (Å²) in [4.78, 5) is 26.7. The summed E-state index contributed by atoms with van der Waals surface area (Å²) in [7, 11) is 0. The van der Waals surface area contributed by atoms with Crippen LogP contribution in [0.2, 0.25) is 5.02 Å². The van der Waals surface area contributed by atoms with Crippen molar-refractivity contribution in [3.63, 3.8) is 0 Å². The number of carbonyl (C=O) groups excluding carboxylic acids is 1. The van der Waals surface area contributed by atoms with E-state index in [1.165, 1.54) is 16.3 Å². The molecule has 0 bridgehead atoms. The molecule has 1 aliphatic rings. The maximum absolute atomic E-state index is 13.7. The van der Waals surface area contributed by atoms with E-state index in [9.17, 15) is 4.79 Å². The number of nitrogens with zero attached hydrogens (tertiary/aromatic N) is 4. The Morgan fingerprint density at radius 3 is 2.80 bits per heavy atom. The molecule has 35 heavy (non-hydrogen) atoms. The van der Waals surface area contributed by atoms with Crippen molar-refractivity contribution < 1.29 is 4.79 Å². The van der Waals surface area contributed by atoms with Crippen LogP contribution in [0.1, 0.15) is 19.0 Å². The van der Waals surface area contributed by atoms with Crippen LogP contribution in [-0.2, 0) is 11.2 Å². The van der Waals surface area contributed by atoms with Crippen molar-refractivity contribution >= 4 is 61.7 Å². The van der Waals surface area contributed by atoms with Gasteiger partial charge in [0.1, 0.15) is 0 Å². The first-order valence-corrected chi connectivity index (χ1v) is 13.7. The number of H-pyrrole nitrogens is 1. The third-order valence-corrected chi connectivity index (χ3v) is 8.23. The highest BCUT2D eigenvalue weighted by Crippen LogP contribution is 2.34. The van der Waals surface area contributed by atoms with Gasteiger partial charge in [0, 0.05) is 46.6 Å². The number of aromatic nitrogens is 3. The predicted octanol–water partition coefficient (Wildman–Crippen LogP) is 5.39. The molecular formula is C25H25ClN6OS2. The average Bonchev–Trinajstić information content (AvgIpc) is 3.61. The Bertz CT molecular complexity index is 1290. The molecule has 0 fully saturated rings. The first-order valence-electron chi connectivity index (χ1n) is 11.5. The maximum atomic E-state index is 13.7. The summed E-state index contributed by atoms with van der Waals surface area (Å²) in [6.45, 7) is 2.84. The van der Waals surface area contributed by atoms with Gasteiger partial charge in [-0.1, -0.05) is 42.0 Å². The van der Waals surface area contributed by atoms with Gasteiger partial charge in [-0.2, -0.15) is 10.1 Å². The second kappa shape index (κ2) is 10.9. The third kappa shape index (κ3) is 5.43. The van der Waals surface area contributed by atoms with Crippen LogP contribution in [0.15, 0.2) is 71.1 Å². The summed E-state index contributed by atoms with van der Waals surface area (Å²) in [5.74, 6) is 0.225. The summed E-state index contributed by atoms with van der Waals surface area (Å²) < 4.78 is 1.04. The fraction of sp³-hybridized carbons (Fsp3) is 0.280. The summed E-state index contributed by atoms with van der Waals surface area (Å²) >= 11 is 9.19. The number of benzene rings is 2. The highest BCUT2D eigenvalue weighted by molar-refractivity contribution is 8.00. The molecule has 1 aliphatic heterocycles. The average molecular weight is 525 g/mol. The molecular weight excluding hydrogens is 500 g/mol. The number of hydrazone groups is 1. The summed E-state index contributed by atoms with van der Waals surface area (Å²) in [5, 5.41) is 11.2. The number of thioether (sulfide) groups is 1. The topological polar surface area (TPSA) is 86.3 Å². The van der Waals surface area contributed by atoms with E-state index in [1.54, 1.807) is 18.1 Å². The zero-order valence-electron chi connectivity index (χ0n) is 19.1. The van der Waals surface area contributed by atoms with Gasteiger partial charge in [0.05, 0.1) is 28.2 Å². The molecule has 0 saturated heterocycles. The number of hydrogen-bond donors (Lipinski definition) is 2. The molecule has 10 heteroatoms. The number of aromatic amines is 1. The molecule has 0 saturated carbocycles. The molecule has 180 valence electrons. The van der Waals surface area contributed by atoms with Crippen molar-refractivity contribution in [2.24, 2.45) is 11.0 Å². The van der Waals surface area contributed by atoms with Crippen molar-refractivity contribution in [2.45, 2.75) is 30.7 Å². The molecule has 0 aliphatic carbocycles. The lowest BCUT2D eigenvalue weighted by Crippen LogP contribution is -2.45. The minimum atomic E-state index is -0.353. The molecule has 3 heterocycles. The lowest BCUT2D eigenvalue weighted by molar-refractivity contribution is -0.120. The quantitative estimate of drug-likeness (QED) is 0.271. The standard InChI is InChI=1S/C25H25ClN6OS2/c1-2-19(28-12-11-17-13-27-15-29-17)23-21(14-34-18-9-7-16(26)8-10-18)31-32(24(23)33)25-30-20-5-3-4-6-22(20)35-25/h3-10,13,15,19,23,28H,2,11-12,14H2,1H3,(H,27,29)/t19-,23-/m1/s1. The number of fused-ring (bicyclic) bond motifs is 1. The van der Waals surface area contributed by atoms with Gasteiger partial charge in [-0.15, -0.1) is 11.8 Å². The molecule has 0 spiro atoms. The lowest BCUT2D eigenvalue weighted by atomic mass is 9.93. The van der Waals surface area contributed by atoms with E-state index >= 15 is 0 Å². The van der Waals surface area contributed by atoms with E-state index in [-0.39, 0.29) is 17.9 Å². The van der Waals surface area contributed by atoms with Gasteiger partial charge in [0.25, 0.3) is 5.91 Å². The van der Waals surface area contributed by atoms with Crippen molar-refractivity contribution in [1.29, 1.82) is 0 Å². The molecule has 1 amide bonds. The number of hydrogen-bond acceptors (Lipinski definition) is 7. The number of imidazole rings is 1. The van der Waals surface area contributed by atoms with Gasteiger partial charge in [-0.3, -0.25) is 4.79 Å². The van der Waals surface area contributed by atoms with E-state index in [0.717, 1.165) is 45.9 Å². The van der Waals surface area contributed by atoms with Gasteiger partial charge < -0.3 is 10.3 Å². The Labute approximate surface area is 217 Å². The Hall–Kier alpha value is -2.72. The van der Waals surface area contributed by atoms with Crippen LogP contribution >= 0.6 is 34.7 Å². The molecule has 2 aromatic heterocycles. The zero-order valence-corrected chi connectivity index (χ0v) is 21.5. The number of para-hydroxylation sites is 1. The monoisotopic (exact) mass is 524 g/mol. The van der Waals surface area contributed by atoms with E-state index in [0.29, 0.717) is 15.9 Å². The van der Waals surface area contributed by atoms with Crippen molar-refractivity contribution in [2.75, 3.05) is 17.3 Å². The minimum Gasteiger partial charge on any atom is -0.348 e. The first kappa shape index (κ1) is 24.0. The largest absolute Gasteiger partial charge is 0.348 e. The van der Waals surface area contributed by atoms with Crippen molar-refractivity contribution in [3.8, 4) is 0 Å².